The van der Waals surface area contributed by atoms with Crippen LogP contribution in [-0.2, 0) is 0 Å². The molecular weight excluding hydrogens is 231 g/mol. The second kappa shape index (κ2) is 4.47. The lowest BCUT2D eigenvalue weighted by molar-refractivity contribution is 0.266. The third kappa shape index (κ3) is 1.95. The highest BCUT2D eigenvalue weighted by molar-refractivity contribution is 6.31. The van der Waals surface area contributed by atoms with Gasteiger partial charge in [0.05, 0.1) is 29.0 Å². The Morgan fingerprint density at radius 1 is 1.56 bits per heavy atom. The van der Waals surface area contributed by atoms with Gasteiger partial charge in [-0.3, -0.25) is 0 Å². The minimum absolute atomic E-state index is 0.0287. The monoisotopic (exact) mass is 244 g/mol. The molecule has 1 saturated heterocycles. The summed E-state index contributed by atoms with van der Waals surface area (Å²) >= 11 is 5.64. The summed E-state index contributed by atoms with van der Waals surface area (Å²) < 4.78 is 13.4. The quantitative estimate of drug-likeness (QED) is 0.783. The van der Waals surface area contributed by atoms with Crippen LogP contribution in [0.25, 0.3) is 0 Å². The Labute approximate surface area is 98.6 Å². The van der Waals surface area contributed by atoms with Crippen LogP contribution in [0.2, 0.25) is 5.02 Å². The lowest BCUT2D eigenvalue weighted by Gasteiger charge is -2.26. The molecule has 0 amide bonds. The highest BCUT2D eigenvalue weighted by Crippen LogP contribution is 2.33. The van der Waals surface area contributed by atoms with Gasteiger partial charge in [-0.05, 0) is 18.9 Å². The first-order valence-corrected chi connectivity index (χ1v) is 5.63. The van der Waals surface area contributed by atoms with E-state index in [1.165, 1.54) is 12.1 Å². The Morgan fingerprint density at radius 3 is 3.00 bits per heavy atom. The molecule has 0 radical (unpaired) electrons. The SMILES string of the molecule is Nc1cc(Cl)c(F)cc1N1CCCC1CO. The fourth-order valence-electron chi connectivity index (χ4n) is 2.14. The summed E-state index contributed by atoms with van der Waals surface area (Å²) in [6.07, 6.45) is 1.88. The molecule has 1 aliphatic rings. The third-order valence-electron chi connectivity index (χ3n) is 2.97. The van der Waals surface area contributed by atoms with E-state index in [9.17, 15) is 9.50 Å². The van der Waals surface area contributed by atoms with Crippen molar-refractivity contribution in [2.75, 3.05) is 23.8 Å². The number of nitrogen functional groups attached to an aromatic ring is 1. The largest absolute Gasteiger partial charge is 0.397 e. The van der Waals surface area contributed by atoms with E-state index in [1.54, 1.807) is 0 Å². The fourth-order valence-corrected chi connectivity index (χ4v) is 2.32. The van der Waals surface area contributed by atoms with Crippen LogP contribution in [0.1, 0.15) is 12.8 Å². The van der Waals surface area contributed by atoms with Crippen LogP contribution in [0.5, 0.6) is 0 Å². The number of benzene rings is 1. The summed E-state index contributed by atoms with van der Waals surface area (Å²) in [5.74, 6) is -0.477. The van der Waals surface area contributed by atoms with Crippen molar-refractivity contribution >= 4 is 23.0 Å². The molecule has 1 aromatic rings. The third-order valence-corrected chi connectivity index (χ3v) is 3.26. The van der Waals surface area contributed by atoms with E-state index in [4.69, 9.17) is 17.3 Å². The second-order valence-corrected chi connectivity index (χ2v) is 4.40. The average molecular weight is 245 g/mol. The normalized spacial score (nSPS) is 20.4. The van der Waals surface area contributed by atoms with Gasteiger partial charge in [0.2, 0.25) is 0 Å². The molecule has 1 fully saturated rings. The first-order valence-electron chi connectivity index (χ1n) is 5.25. The van der Waals surface area contributed by atoms with Crippen LogP contribution in [0, 0.1) is 5.82 Å². The lowest BCUT2D eigenvalue weighted by atomic mass is 10.2. The summed E-state index contributed by atoms with van der Waals surface area (Å²) in [4.78, 5) is 1.94. The maximum Gasteiger partial charge on any atom is 0.144 e. The molecule has 3 N–H and O–H groups in total. The lowest BCUT2D eigenvalue weighted by Crippen LogP contribution is -2.32. The number of rotatable bonds is 2. The zero-order chi connectivity index (χ0) is 11.7. The zero-order valence-corrected chi connectivity index (χ0v) is 9.54. The predicted octanol–water partition coefficient (Wildman–Crippen LogP) is 2.02. The maximum atomic E-state index is 13.4. The first kappa shape index (κ1) is 11.5. The van der Waals surface area contributed by atoms with Gasteiger partial charge in [0.15, 0.2) is 0 Å². The first-order chi connectivity index (χ1) is 7.63. The van der Waals surface area contributed by atoms with Crippen LogP contribution in [0.4, 0.5) is 15.8 Å². The molecule has 0 aromatic heterocycles. The van der Waals surface area contributed by atoms with Crippen LogP contribution in [0.15, 0.2) is 12.1 Å². The molecule has 5 heteroatoms. The van der Waals surface area contributed by atoms with Gasteiger partial charge in [-0.2, -0.15) is 0 Å². The van der Waals surface area contributed by atoms with E-state index < -0.39 is 5.82 Å². The number of nitrogens with two attached hydrogens (primary N) is 1. The molecule has 1 atom stereocenters. The van der Waals surface area contributed by atoms with Gasteiger partial charge >= 0.3 is 0 Å². The van der Waals surface area contributed by atoms with Crippen molar-refractivity contribution in [2.24, 2.45) is 0 Å². The van der Waals surface area contributed by atoms with Gasteiger partial charge in [0.25, 0.3) is 0 Å². The molecule has 0 saturated carbocycles. The summed E-state index contributed by atoms with van der Waals surface area (Å²) in [6, 6.07) is 2.79. The van der Waals surface area contributed by atoms with Crippen molar-refractivity contribution in [1.29, 1.82) is 0 Å². The van der Waals surface area contributed by atoms with Crippen molar-refractivity contribution in [3.05, 3.63) is 23.0 Å². The Bertz CT molecular complexity index is 400. The van der Waals surface area contributed by atoms with Crippen molar-refractivity contribution in [3.8, 4) is 0 Å². The van der Waals surface area contributed by atoms with Crippen molar-refractivity contribution < 1.29 is 9.50 Å². The molecule has 1 unspecified atom stereocenters. The molecule has 0 aliphatic carbocycles. The van der Waals surface area contributed by atoms with Gasteiger partial charge < -0.3 is 15.7 Å². The van der Waals surface area contributed by atoms with Crippen LogP contribution < -0.4 is 10.6 Å². The van der Waals surface area contributed by atoms with Gasteiger partial charge in [-0.15, -0.1) is 0 Å². The van der Waals surface area contributed by atoms with Gasteiger partial charge in [0.1, 0.15) is 5.82 Å². The number of hydrogen-bond donors (Lipinski definition) is 2. The highest BCUT2D eigenvalue weighted by Gasteiger charge is 2.26. The van der Waals surface area contributed by atoms with E-state index in [-0.39, 0.29) is 17.7 Å². The summed E-state index contributed by atoms with van der Waals surface area (Å²) in [5, 5.41) is 9.24. The second-order valence-electron chi connectivity index (χ2n) is 4.00. The number of aliphatic hydroxyl groups excluding tert-OH is 1. The zero-order valence-electron chi connectivity index (χ0n) is 8.79. The Balaban J connectivity index is 2.36. The Kier molecular flexibility index (Phi) is 3.21. The topological polar surface area (TPSA) is 49.5 Å². The van der Waals surface area contributed by atoms with E-state index in [0.717, 1.165) is 19.4 Å². The molecule has 1 aromatic carbocycles. The molecular formula is C11H14ClFN2O. The molecule has 2 rings (SSSR count). The molecule has 0 spiro atoms. The van der Waals surface area contributed by atoms with Crippen LogP contribution in [0.3, 0.4) is 0 Å². The van der Waals surface area contributed by atoms with Crippen LogP contribution in [-0.4, -0.2) is 24.3 Å². The number of nitrogens with zero attached hydrogens (tertiary/aromatic N) is 1. The van der Waals surface area contributed by atoms with Gasteiger partial charge in [-0.25, -0.2) is 4.39 Å². The highest BCUT2D eigenvalue weighted by atomic mass is 35.5. The predicted molar refractivity (Wildman–Crippen MR) is 63.3 cm³/mol. The van der Waals surface area contributed by atoms with E-state index >= 15 is 0 Å². The number of halogens is 2. The number of aliphatic hydroxyl groups is 1. The van der Waals surface area contributed by atoms with Crippen LogP contribution >= 0.6 is 11.6 Å². The van der Waals surface area contributed by atoms with Crippen molar-refractivity contribution in [2.45, 2.75) is 18.9 Å². The van der Waals surface area contributed by atoms with E-state index in [0.29, 0.717) is 11.4 Å². The summed E-state index contributed by atoms with van der Waals surface area (Å²) in [7, 11) is 0. The smallest absolute Gasteiger partial charge is 0.144 e. The molecule has 1 aliphatic heterocycles. The average Bonchev–Trinajstić information content (AvgIpc) is 2.71. The fraction of sp³-hybridized carbons (Fsp3) is 0.455. The van der Waals surface area contributed by atoms with E-state index in [1.807, 2.05) is 4.90 Å². The number of hydrogen-bond acceptors (Lipinski definition) is 3. The minimum atomic E-state index is -0.477. The Morgan fingerprint density at radius 2 is 2.31 bits per heavy atom. The molecule has 3 nitrogen and oxygen atoms in total. The molecule has 16 heavy (non-hydrogen) atoms. The van der Waals surface area contributed by atoms with Gasteiger partial charge in [-0.1, -0.05) is 11.6 Å². The van der Waals surface area contributed by atoms with Crippen molar-refractivity contribution in [1.82, 2.24) is 0 Å². The van der Waals surface area contributed by atoms with Gasteiger partial charge in [0, 0.05) is 12.6 Å². The molecule has 1 heterocycles. The summed E-state index contributed by atoms with van der Waals surface area (Å²) in [6.45, 7) is 0.847. The number of anilines is 2. The standard InChI is InChI=1S/C11H14ClFN2O/c12-8-4-10(14)11(5-9(8)13)15-3-1-2-7(15)6-16/h4-5,7,16H,1-3,6,14H2. The van der Waals surface area contributed by atoms with E-state index in [2.05, 4.69) is 0 Å². The molecule has 0 bridgehead atoms. The minimum Gasteiger partial charge on any atom is -0.397 e. The van der Waals surface area contributed by atoms with Crippen molar-refractivity contribution in [3.63, 3.8) is 0 Å². The molecule has 88 valence electrons. The Hall–Kier alpha value is -1.00. The summed E-state index contributed by atoms with van der Waals surface area (Å²) in [5.41, 5.74) is 6.89. The maximum absolute atomic E-state index is 13.4.